The molecule has 0 atom stereocenters. The third-order valence-electron chi connectivity index (χ3n) is 7.89. The van der Waals surface area contributed by atoms with Crippen LogP contribution in [0.5, 0.6) is 5.75 Å². The van der Waals surface area contributed by atoms with Crippen molar-refractivity contribution in [2.45, 2.75) is 24.9 Å². The van der Waals surface area contributed by atoms with Gasteiger partial charge in [-0.3, -0.25) is 4.55 Å². The van der Waals surface area contributed by atoms with Crippen LogP contribution in [0.2, 0.25) is 0 Å². The zero-order valence-electron chi connectivity index (χ0n) is 24.2. The molecular formula is C35H27N5O4S. The molecule has 0 aliphatic carbocycles. The summed E-state index contributed by atoms with van der Waals surface area (Å²) in [7, 11) is -4.74. The molecule has 0 bridgehead atoms. The van der Waals surface area contributed by atoms with Gasteiger partial charge in [-0.1, -0.05) is 54.1 Å². The second kappa shape index (κ2) is 11.2. The summed E-state index contributed by atoms with van der Waals surface area (Å²) < 4.78 is 34.8. The summed E-state index contributed by atoms with van der Waals surface area (Å²) >= 11 is 0. The first-order valence-electron chi connectivity index (χ1n) is 14.2. The van der Waals surface area contributed by atoms with Crippen LogP contribution in [0, 0.1) is 6.92 Å². The van der Waals surface area contributed by atoms with Crippen LogP contribution in [0.4, 0.5) is 28.4 Å². The lowest BCUT2D eigenvalue weighted by Crippen LogP contribution is -2.14. The number of rotatable bonds is 6. The largest absolute Gasteiger partial charge is 0.505 e. The first kappa shape index (κ1) is 28.3. The number of phenolic OH excluding ortho intramolecular Hbond substituents is 1. The van der Waals surface area contributed by atoms with Crippen molar-refractivity contribution in [1.82, 2.24) is 0 Å². The highest BCUT2D eigenvalue weighted by Gasteiger charge is 2.24. The van der Waals surface area contributed by atoms with Gasteiger partial charge in [0.15, 0.2) is 5.75 Å². The highest BCUT2D eigenvalue weighted by atomic mass is 32.2. The van der Waals surface area contributed by atoms with Crippen LogP contribution >= 0.6 is 0 Å². The molecule has 0 saturated heterocycles. The first-order chi connectivity index (χ1) is 21.7. The Morgan fingerprint density at radius 3 is 1.93 bits per heavy atom. The topological polar surface area (TPSA) is 127 Å². The van der Waals surface area contributed by atoms with E-state index in [1.54, 1.807) is 36.4 Å². The minimum atomic E-state index is -4.74. The summed E-state index contributed by atoms with van der Waals surface area (Å²) in [6.07, 6.45) is 0. The van der Waals surface area contributed by atoms with Crippen molar-refractivity contribution in [1.29, 1.82) is 0 Å². The quantitative estimate of drug-likeness (QED) is 0.143. The Balaban J connectivity index is 1.14. The smallest absolute Gasteiger partial charge is 0.296 e. The van der Waals surface area contributed by atoms with Crippen LogP contribution in [0.3, 0.4) is 0 Å². The van der Waals surface area contributed by atoms with Crippen LogP contribution in [-0.2, 0) is 23.2 Å². The SMILES string of the molecule is Cc1ccc2cc(N=Nc3ccc(N=Nc4c(S(=O)(=O)O)cc5cc(N6Cc7ccccc7C6)ccc5c4O)cc3)ccc2c1. The number of nitrogens with zero attached hydrogens (tertiary/aromatic N) is 5. The molecule has 2 N–H and O–H groups in total. The molecule has 9 nitrogen and oxygen atoms in total. The molecule has 0 amide bonds. The number of fused-ring (bicyclic) bond motifs is 3. The van der Waals surface area contributed by atoms with Crippen molar-refractivity contribution >= 4 is 60.1 Å². The third-order valence-corrected chi connectivity index (χ3v) is 8.76. The van der Waals surface area contributed by atoms with Crippen molar-refractivity contribution in [3.63, 3.8) is 0 Å². The second-order valence-electron chi connectivity index (χ2n) is 11.0. The number of benzene rings is 6. The van der Waals surface area contributed by atoms with E-state index in [0.29, 0.717) is 35.2 Å². The molecule has 0 fully saturated rings. The number of azo groups is 2. The van der Waals surface area contributed by atoms with E-state index in [1.165, 1.54) is 22.8 Å². The van der Waals surface area contributed by atoms with E-state index in [1.807, 2.05) is 36.4 Å². The van der Waals surface area contributed by atoms with Gasteiger partial charge in [0, 0.05) is 24.2 Å². The lowest BCUT2D eigenvalue weighted by Gasteiger charge is -2.19. The van der Waals surface area contributed by atoms with Crippen molar-refractivity contribution < 1.29 is 18.1 Å². The van der Waals surface area contributed by atoms with Gasteiger partial charge in [-0.25, -0.2) is 0 Å². The predicted molar refractivity (Wildman–Crippen MR) is 175 cm³/mol. The number of phenols is 1. The van der Waals surface area contributed by atoms with Crippen LogP contribution in [0.15, 0.2) is 135 Å². The molecule has 0 spiro atoms. The monoisotopic (exact) mass is 613 g/mol. The molecule has 1 aliphatic heterocycles. The van der Waals surface area contributed by atoms with Crippen LogP contribution in [0.25, 0.3) is 21.5 Å². The minimum absolute atomic E-state index is 0.346. The van der Waals surface area contributed by atoms with Gasteiger partial charge in [0.1, 0.15) is 10.6 Å². The molecule has 10 heteroatoms. The fourth-order valence-electron chi connectivity index (χ4n) is 5.57. The van der Waals surface area contributed by atoms with E-state index in [-0.39, 0.29) is 5.69 Å². The van der Waals surface area contributed by atoms with Gasteiger partial charge >= 0.3 is 0 Å². The molecule has 7 rings (SSSR count). The summed E-state index contributed by atoms with van der Waals surface area (Å²) in [6.45, 7) is 3.49. The van der Waals surface area contributed by atoms with Gasteiger partial charge in [-0.15, -0.1) is 5.11 Å². The van der Waals surface area contributed by atoms with Crippen LogP contribution in [0.1, 0.15) is 16.7 Å². The summed E-state index contributed by atoms with van der Waals surface area (Å²) in [6, 6.07) is 33.7. The lowest BCUT2D eigenvalue weighted by atomic mass is 10.1. The van der Waals surface area contributed by atoms with Gasteiger partial charge in [0.05, 0.1) is 17.1 Å². The number of hydrogen-bond donors (Lipinski definition) is 2. The summed E-state index contributed by atoms with van der Waals surface area (Å²) in [5, 5.41) is 31.0. The molecule has 0 aromatic heterocycles. The normalized spacial score (nSPS) is 13.4. The van der Waals surface area contributed by atoms with Gasteiger partial charge in [0.25, 0.3) is 10.1 Å². The fraction of sp³-hybridized carbons (Fsp3) is 0.0857. The van der Waals surface area contributed by atoms with Crippen molar-refractivity contribution in [2.75, 3.05) is 4.90 Å². The van der Waals surface area contributed by atoms with Gasteiger partial charge < -0.3 is 10.0 Å². The molecule has 0 unspecified atom stereocenters. The van der Waals surface area contributed by atoms with E-state index in [2.05, 4.69) is 62.6 Å². The fourth-order valence-corrected chi connectivity index (χ4v) is 6.23. The van der Waals surface area contributed by atoms with E-state index in [0.717, 1.165) is 22.1 Å². The average Bonchev–Trinajstić information content (AvgIpc) is 3.48. The Hall–Kier alpha value is -5.45. The van der Waals surface area contributed by atoms with E-state index in [9.17, 15) is 18.1 Å². The van der Waals surface area contributed by atoms with E-state index >= 15 is 0 Å². The Labute approximate surface area is 259 Å². The third kappa shape index (κ3) is 5.76. The molecule has 6 aromatic rings. The van der Waals surface area contributed by atoms with Crippen molar-refractivity contribution in [2.24, 2.45) is 20.5 Å². The molecule has 222 valence electrons. The number of aromatic hydroxyl groups is 1. The molecular weight excluding hydrogens is 586 g/mol. The maximum atomic E-state index is 12.4. The predicted octanol–water partition coefficient (Wildman–Crippen LogP) is 9.60. The Morgan fingerprint density at radius 2 is 1.24 bits per heavy atom. The molecule has 45 heavy (non-hydrogen) atoms. The maximum Gasteiger partial charge on any atom is 0.296 e. The van der Waals surface area contributed by atoms with E-state index < -0.39 is 20.8 Å². The first-order valence-corrected chi connectivity index (χ1v) is 15.7. The van der Waals surface area contributed by atoms with Crippen LogP contribution < -0.4 is 4.90 Å². The van der Waals surface area contributed by atoms with Crippen molar-refractivity contribution in [3.8, 4) is 5.75 Å². The molecule has 0 radical (unpaired) electrons. The summed E-state index contributed by atoms with van der Waals surface area (Å²) in [5.41, 5.74) is 5.86. The minimum Gasteiger partial charge on any atom is -0.505 e. The summed E-state index contributed by atoms with van der Waals surface area (Å²) in [5.74, 6) is -0.393. The molecule has 6 aromatic carbocycles. The van der Waals surface area contributed by atoms with E-state index in [4.69, 9.17) is 0 Å². The van der Waals surface area contributed by atoms with Gasteiger partial charge in [-0.05, 0) is 94.9 Å². The van der Waals surface area contributed by atoms with Gasteiger partial charge in [-0.2, -0.15) is 23.8 Å². The highest BCUT2D eigenvalue weighted by Crippen LogP contribution is 2.43. The number of anilines is 1. The molecule has 0 saturated carbocycles. The zero-order valence-corrected chi connectivity index (χ0v) is 25.0. The standard InChI is InChI=1S/C35H27N5O4S/c1-22-6-7-24-17-30(9-8-23(24)16-22)38-36-28-10-12-29(13-11-28)37-39-34-33(45(42,43)44)19-27-18-31(14-15-32(27)35(34)41)40-20-25-4-2-3-5-26(25)21-40/h2-19,41H,20-21H2,1H3,(H,42,43,44). The average molecular weight is 614 g/mol. The number of aryl methyl sites for hydroxylation is 1. The van der Waals surface area contributed by atoms with Gasteiger partial charge in [0.2, 0.25) is 0 Å². The zero-order chi connectivity index (χ0) is 31.1. The Bertz CT molecular complexity index is 2260. The second-order valence-corrected chi connectivity index (χ2v) is 12.4. The maximum absolute atomic E-state index is 12.4. The van der Waals surface area contributed by atoms with Crippen molar-refractivity contribution in [3.05, 3.63) is 126 Å². The molecule has 1 aliphatic rings. The lowest BCUT2D eigenvalue weighted by molar-refractivity contribution is 0.472. The Morgan fingerprint density at radius 1 is 0.644 bits per heavy atom. The summed E-state index contributed by atoms with van der Waals surface area (Å²) in [4.78, 5) is 1.63. The van der Waals surface area contributed by atoms with Crippen LogP contribution in [-0.4, -0.2) is 18.1 Å². The number of hydrogen-bond acceptors (Lipinski definition) is 8. The highest BCUT2D eigenvalue weighted by molar-refractivity contribution is 7.86. The molecule has 1 heterocycles. The Kier molecular flexibility index (Phi) is 7.07.